The standard InChI is InChI=1S/C26H34N6O2.2ClH/c1-18(16-30(2)3)34-26-28-23-17-32(24-15-20(33)14-19-6-4-5-7-21(19)24)11-8-22(23)25(29-26)31-12-9-27-10-13-31;;/h4-7,14-15,18,27,33H,8-13,16-17H2,1-3H3;2*1H. The van der Waals surface area contributed by atoms with E-state index in [4.69, 9.17) is 14.7 Å². The van der Waals surface area contributed by atoms with E-state index in [1.807, 2.05) is 44.4 Å². The summed E-state index contributed by atoms with van der Waals surface area (Å²) < 4.78 is 6.19. The third kappa shape index (κ3) is 6.06. The Morgan fingerprint density at radius 1 is 1.06 bits per heavy atom. The van der Waals surface area contributed by atoms with Crippen LogP contribution in [0.25, 0.3) is 10.8 Å². The largest absolute Gasteiger partial charge is 0.508 e. The molecular formula is C26H36Cl2N6O2. The van der Waals surface area contributed by atoms with Crippen LogP contribution in [0.1, 0.15) is 18.2 Å². The normalized spacial score (nSPS) is 16.2. The molecule has 1 saturated heterocycles. The first-order valence-electron chi connectivity index (χ1n) is 12.1. The second-order valence-electron chi connectivity index (χ2n) is 9.54. The van der Waals surface area contributed by atoms with E-state index in [1.165, 1.54) is 5.56 Å². The number of aromatic hydroxyl groups is 1. The maximum absolute atomic E-state index is 10.4. The predicted molar refractivity (Wildman–Crippen MR) is 151 cm³/mol. The van der Waals surface area contributed by atoms with Crippen molar-refractivity contribution in [3.05, 3.63) is 47.7 Å². The van der Waals surface area contributed by atoms with E-state index in [0.717, 1.165) is 73.7 Å². The highest BCUT2D eigenvalue weighted by molar-refractivity contribution is 5.95. The summed E-state index contributed by atoms with van der Waals surface area (Å²) in [4.78, 5) is 16.6. The molecule has 0 saturated carbocycles. The van der Waals surface area contributed by atoms with Crippen LogP contribution in [0.3, 0.4) is 0 Å². The Kier molecular flexibility index (Phi) is 9.47. The van der Waals surface area contributed by atoms with Gasteiger partial charge < -0.3 is 29.9 Å². The minimum Gasteiger partial charge on any atom is -0.508 e. The molecule has 2 aliphatic heterocycles. The summed E-state index contributed by atoms with van der Waals surface area (Å²) in [6.07, 6.45) is 0.838. The molecular weight excluding hydrogens is 499 g/mol. The molecule has 2 aliphatic rings. The fourth-order valence-electron chi connectivity index (χ4n) is 5.05. The van der Waals surface area contributed by atoms with Crippen molar-refractivity contribution in [1.29, 1.82) is 0 Å². The number of phenolic OH excluding ortho intramolecular Hbond substituents is 1. The summed E-state index contributed by atoms with van der Waals surface area (Å²) >= 11 is 0. The summed E-state index contributed by atoms with van der Waals surface area (Å²) in [5, 5.41) is 16.0. The van der Waals surface area contributed by atoms with Gasteiger partial charge in [0.25, 0.3) is 0 Å². The Bertz CT molecular complexity index is 1170. The quantitative estimate of drug-likeness (QED) is 0.497. The van der Waals surface area contributed by atoms with Gasteiger partial charge in [-0.3, -0.25) is 0 Å². The summed E-state index contributed by atoms with van der Waals surface area (Å²) in [5.41, 5.74) is 3.26. The lowest BCUT2D eigenvalue weighted by Crippen LogP contribution is -2.45. The number of nitrogens with zero attached hydrogens (tertiary/aromatic N) is 5. The van der Waals surface area contributed by atoms with E-state index in [1.54, 1.807) is 0 Å². The van der Waals surface area contributed by atoms with Crippen LogP contribution in [-0.4, -0.2) is 79.4 Å². The number of aromatic nitrogens is 2. The van der Waals surface area contributed by atoms with Crippen molar-refractivity contribution in [2.75, 3.05) is 63.2 Å². The molecule has 0 radical (unpaired) electrons. The molecule has 196 valence electrons. The van der Waals surface area contributed by atoms with Crippen molar-refractivity contribution < 1.29 is 9.84 Å². The molecule has 36 heavy (non-hydrogen) atoms. The van der Waals surface area contributed by atoms with Crippen LogP contribution in [0.2, 0.25) is 0 Å². The summed E-state index contributed by atoms with van der Waals surface area (Å²) in [6, 6.07) is 12.3. The van der Waals surface area contributed by atoms with Gasteiger partial charge in [0.2, 0.25) is 0 Å². The summed E-state index contributed by atoms with van der Waals surface area (Å²) in [6.45, 7) is 8.11. The molecule has 1 atom stereocenters. The molecule has 1 aromatic heterocycles. The molecule has 1 fully saturated rings. The average Bonchev–Trinajstić information content (AvgIpc) is 2.82. The number of phenols is 1. The van der Waals surface area contributed by atoms with Crippen LogP contribution in [0.15, 0.2) is 36.4 Å². The van der Waals surface area contributed by atoms with E-state index < -0.39 is 0 Å². The van der Waals surface area contributed by atoms with Gasteiger partial charge in [0.15, 0.2) is 0 Å². The lowest BCUT2D eigenvalue weighted by Gasteiger charge is -2.35. The van der Waals surface area contributed by atoms with Crippen LogP contribution in [0.4, 0.5) is 11.5 Å². The van der Waals surface area contributed by atoms with Crippen LogP contribution >= 0.6 is 24.8 Å². The second-order valence-corrected chi connectivity index (χ2v) is 9.54. The van der Waals surface area contributed by atoms with Crippen molar-refractivity contribution in [1.82, 2.24) is 20.2 Å². The Morgan fingerprint density at radius 2 is 1.81 bits per heavy atom. The number of anilines is 2. The fourth-order valence-corrected chi connectivity index (χ4v) is 5.05. The topological polar surface area (TPSA) is 77.0 Å². The highest BCUT2D eigenvalue weighted by atomic mass is 35.5. The number of ether oxygens (including phenoxy) is 1. The average molecular weight is 536 g/mol. The molecule has 0 spiro atoms. The molecule has 1 unspecified atom stereocenters. The van der Waals surface area contributed by atoms with Gasteiger partial charge in [-0.05, 0) is 38.9 Å². The molecule has 0 bridgehead atoms. The zero-order valence-corrected chi connectivity index (χ0v) is 22.7. The highest BCUT2D eigenvalue weighted by Crippen LogP contribution is 2.36. The smallest absolute Gasteiger partial charge is 0.318 e. The third-order valence-electron chi connectivity index (χ3n) is 6.53. The van der Waals surface area contributed by atoms with Crippen LogP contribution in [0.5, 0.6) is 11.8 Å². The van der Waals surface area contributed by atoms with Crippen LogP contribution < -0.4 is 19.9 Å². The zero-order valence-electron chi connectivity index (χ0n) is 21.1. The lowest BCUT2D eigenvalue weighted by atomic mass is 10.0. The molecule has 2 aromatic carbocycles. The number of fused-ring (bicyclic) bond motifs is 2. The molecule has 3 heterocycles. The van der Waals surface area contributed by atoms with E-state index in [2.05, 4.69) is 33.0 Å². The first-order valence-corrected chi connectivity index (χ1v) is 12.1. The van der Waals surface area contributed by atoms with Gasteiger partial charge in [-0.25, -0.2) is 0 Å². The maximum atomic E-state index is 10.4. The molecule has 10 heteroatoms. The number of halogens is 2. The second kappa shape index (κ2) is 12.1. The van der Waals surface area contributed by atoms with E-state index in [0.29, 0.717) is 12.6 Å². The minimum atomic E-state index is -0.0152. The predicted octanol–water partition coefficient (Wildman–Crippen LogP) is 3.48. The lowest BCUT2D eigenvalue weighted by molar-refractivity contribution is 0.163. The monoisotopic (exact) mass is 534 g/mol. The Hall–Kier alpha value is -2.52. The molecule has 8 nitrogen and oxygen atoms in total. The highest BCUT2D eigenvalue weighted by Gasteiger charge is 2.27. The van der Waals surface area contributed by atoms with Crippen LogP contribution in [0, 0.1) is 0 Å². The molecule has 5 rings (SSSR count). The van der Waals surface area contributed by atoms with Gasteiger partial charge >= 0.3 is 6.01 Å². The van der Waals surface area contributed by atoms with Crippen molar-refractivity contribution in [2.45, 2.75) is 26.0 Å². The van der Waals surface area contributed by atoms with Gasteiger partial charge in [0.05, 0.1) is 12.2 Å². The van der Waals surface area contributed by atoms with E-state index in [-0.39, 0.29) is 36.7 Å². The fraction of sp³-hybridized carbons (Fsp3) is 0.462. The first-order chi connectivity index (χ1) is 16.5. The molecule has 0 amide bonds. The van der Waals surface area contributed by atoms with Crippen molar-refractivity contribution in [3.63, 3.8) is 0 Å². The summed E-state index contributed by atoms with van der Waals surface area (Å²) in [7, 11) is 4.08. The van der Waals surface area contributed by atoms with Gasteiger partial charge in [-0.2, -0.15) is 9.97 Å². The number of piperazine rings is 1. The number of rotatable bonds is 6. The molecule has 3 aromatic rings. The number of likely N-dealkylation sites (N-methyl/N-ethyl adjacent to an activating group) is 1. The first kappa shape index (κ1) is 28.1. The molecule has 0 aliphatic carbocycles. The Morgan fingerprint density at radius 3 is 2.56 bits per heavy atom. The number of nitrogens with one attached hydrogen (secondary N) is 1. The molecule has 2 N–H and O–H groups in total. The zero-order chi connectivity index (χ0) is 23.7. The number of hydrogen-bond acceptors (Lipinski definition) is 8. The Balaban J connectivity index is 0.00000180. The van der Waals surface area contributed by atoms with Crippen molar-refractivity contribution in [3.8, 4) is 11.8 Å². The van der Waals surface area contributed by atoms with Crippen LogP contribution in [-0.2, 0) is 13.0 Å². The van der Waals surface area contributed by atoms with Crippen molar-refractivity contribution >= 4 is 47.1 Å². The summed E-state index contributed by atoms with van der Waals surface area (Å²) in [5.74, 6) is 1.30. The maximum Gasteiger partial charge on any atom is 0.318 e. The van der Waals surface area contributed by atoms with Crippen molar-refractivity contribution in [2.24, 2.45) is 0 Å². The number of benzene rings is 2. The van der Waals surface area contributed by atoms with Gasteiger partial charge in [0.1, 0.15) is 17.7 Å². The Labute approximate surface area is 225 Å². The van der Waals surface area contributed by atoms with Gasteiger partial charge in [-0.1, -0.05) is 24.3 Å². The minimum absolute atomic E-state index is 0. The van der Waals surface area contributed by atoms with Gasteiger partial charge in [0, 0.05) is 62.0 Å². The SMILES string of the molecule is CC(CN(C)C)Oc1nc2c(c(N3CCNCC3)n1)CCN(c1cc(O)cc3ccccc13)C2.Cl.Cl. The van der Waals surface area contributed by atoms with E-state index >= 15 is 0 Å². The van der Waals surface area contributed by atoms with E-state index in [9.17, 15) is 5.11 Å². The third-order valence-corrected chi connectivity index (χ3v) is 6.53. The number of hydrogen-bond donors (Lipinski definition) is 2. The van der Waals surface area contributed by atoms with Gasteiger partial charge in [-0.15, -0.1) is 24.8 Å².